The molecule has 0 aliphatic rings. The lowest BCUT2D eigenvalue weighted by Crippen LogP contribution is -2.24. The zero-order chi connectivity index (χ0) is 12.5. The van der Waals surface area contributed by atoms with E-state index in [0.29, 0.717) is 15.8 Å². The molecule has 4 heteroatoms. The van der Waals surface area contributed by atoms with Crippen LogP contribution in [0.4, 0.5) is 0 Å². The van der Waals surface area contributed by atoms with Gasteiger partial charge in [0.2, 0.25) is 0 Å². The van der Waals surface area contributed by atoms with Gasteiger partial charge in [-0.1, -0.05) is 35.3 Å². The quantitative estimate of drug-likeness (QED) is 0.879. The van der Waals surface area contributed by atoms with Gasteiger partial charge in [0, 0.05) is 9.90 Å². The van der Waals surface area contributed by atoms with Crippen LogP contribution in [0.5, 0.6) is 0 Å². The Bertz CT molecular complexity index is 506. The molecule has 0 aliphatic heterocycles. The summed E-state index contributed by atoms with van der Waals surface area (Å²) in [4.78, 5) is 0.792. The van der Waals surface area contributed by atoms with E-state index in [0.717, 1.165) is 10.4 Å². The van der Waals surface area contributed by atoms with Crippen molar-refractivity contribution in [2.75, 3.05) is 0 Å². The fourth-order valence-corrected chi connectivity index (χ4v) is 2.98. The molecule has 0 saturated heterocycles. The van der Waals surface area contributed by atoms with E-state index in [-0.39, 0.29) is 0 Å². The van der Waals surface area contributed by atoms with Crippen LogP contribution in [0, 0.1) is 6.92 Å². The minimum Gasteiger partial charge on any atom is -0.380 e. The van der Waals surface area contributed by atoms with Gasteiger partial charge in [-0.25, -0.2) is 0 Å². The van der Waals surface area contributed by atoms with Gasteiger partial charge in [0.1, 0.15) is 5.60 Å². The predicted molar refractivity (Wildman–Crippen MR) is 73.8 cm³/mol. The molecule has 0 spiro atoms. The predicted octanol–water partition coefficient (Wildman–Crippen LogP) is 4.51. The molecule has 0 amide bonds. The molecule has 2 aromatic rings. The standard InChI is InChI=1S/C13H11Cl2OS/c1-2-13(16,11-7-8-12(15)17-11)9-3-5-10(14)6-4-9/h3-8,16H,1-2H2/t13-/m0/s1. The number of aliphatic hydroxyl groups is 1. The Morgan fingerprint density at radius 3 is 2.24 bits per heavy atom. The first-order valence-electron chi connectivity index (χ1n) is 5.10. The SMILES string of the molecule is [CH2]C[C@](O)(c1ccc(Cl)cc1)c1ccc(Cl)s1. The summed E-state index contributed by atoms with van der Waals surface area (Å²) in [5.41, 5.74) is -0.321. The second kappa shape index (κ2) is 4.99. The topological polar surface area (TPSA) is 20.2 Å². The van der Waals surface area contributed by atoms with Gasteiger partial charge in [-0.3, -0.25) is 0 Å². The minimum atomic E-state index is -1.09. The summed E-state index contributed by atoms with van der Waals surface area (Å²) < 4.78 is 0.654. The molecule has 89 valence electrons. The lowest BCUT2D eigenvalue weighted by Gasteiger charge is -2.26. The molecule has 1 heterocycles. The van der Waals surface area contributed by atoms with E-state index in [2.05, 4.69) is 6.92 Å². The summed E-state index contributed by atoms with van der Waals surface area (Å²) in [7, 11) is 0. The van der Waals surface area contributed by atoms with E-state index < -0.39 is 5.60 Å². The first kappa shape index (κ1) is 12.9. The van der Waals surface area contributed by atoms with Gasteiger partial charge in [-0.05, 0) is 43.2 Å². The second-order valence-corrected chi connectivity index (χ2v) is 5.87. The molecule has 0 aliphatic carbocycles. The molecule has 1 aromatic carbocycles. The highest BCUT2D eigenvalue weighted by atomic mass is 35.5. The molecule has 1 atom stereocenters. The van der Waals surface area contributed by atoms with Gasteiger partial charge < -0.3 is 5.11 Å². The Hall–Kier alpha value is -0.540. The van der Waals surface area contributed by atoms with Crippen LogP contribution in [0.15, 0.2) is 36.4 Å². The summed E-state index contributed by atoms with van der Waals surface area (Å²) in [5, 5.41) is 11.4. The van der Waals surface area contributed by atoms with Crippen LogP contribution in [0.3, 0.4) is 0 Å². The Labute approximate surface area is 115 Å². The van der Waals surface area contributed by atoms with Crippen molar-refractivity contribution in [1.29, 1.82) is 0 Å². The van der Waals surface area contributed by atoms with Gasteiger partial charge in [0.15, 0.2) is 0 Å². The number of halogens is 2. The fraction of sp³-hybridized carbons (Fsp3) is 0.154. The summed E-state index contributed by atoms with van der Waals surface area (Å²) in [6.07, 6.45) is 0.339. The van der Waals surface area contributed by atoms with Crippen molar-refractivity contribution in [1.82, 2.24) is 0 Å². The highest BCUT2D eigenvalue weighted by Crippen LogP contribution is 2.38. The van der Waals surface area contributed by atoms with Crippen LogP contribution in [-0.4, -0.2) is 5.11 Å². The van der Waals surface area contributed by atoms with Crippen LogP contribution >= 0.6 is 34.5 Å². The minimum absolute atomic E-state index is 0.339. The lowest BCUT2D eigenvalue weighted by molar-refractivity contribution is 0.0873. The van der Waals surface area contributed by atoms with Crippen LogP contribution in [0.25, 0.3) is 0 Å². The molecule has 1 N–H and O–H groups in total. The molecule has 1 nitrogen and oxygen atoms in total. The molecule has 0 saturated carbocycles. The first-order chi connectivity index (χ1) is 8.06. The van der Waals surface area contributed by atoms with Crippen LogP contribution in [0.1, 0.15) is 16.9 Å². The first-order valence-corrected chi connectivity index (χ1v) is 6.67. The molecule has 17 heavy (non-hydrogen) atoms. The Morgan fingerprint density at radius 1 is 1.12 bits per heavy atom. The smallest absolute Gasteiger partial charge is 0.124 e. The molecular formula is C13H11Cl2OS. The van der Waals surface area contributed by atoms with E-state index in [1.54, 1.807) is 30.3 Å². The maximum Gasteiger partial charge on any atom is 0.124 e. The molecule has 0 bridgehead atoms. The number of hydrogen-bond donors (Lipinski definition) is 1. The van der Waals surface area contributed by atoms with E-state index in [1.165, 1.54) is 11.3 Å². The summed E-state index contributed by atoms with van der Waals surface area (Å²) in [5.74, 6) is 0. The van der Waals surface area contributed by atoms with E-state index >= 15 is 0 Å². The van der Waals surface area contributed by atoms with Gasteiger partial charge in [-0.15, -0.1) is 11.3 Å². The zero-order valence-electron chi connectivity index (χ0n) is 8.99. The summed E-state index contributed by atoms with van der Waals surface area (Å²) >= 11 is 13.1. The largest absolute Gasteiger partial charge is 0.380 e. The fourth-order valence-electron chi connectivity index (χ4n) is 1.67. The van der Waals surface area contributed by atoms with Gasteiger partial charge in [0.05, 0.1) is 4.34 Å². The molecule has 1 aromatic heterocycles. The molecular weight excluding hydrogens is 275 g/mol. The normalized spacial score (nSPS) is 14.6. The van der Waals surface area contributed by atoms with E-state index in [4.69, 9.17) is 23.2 Å². The van der Waals surface area contributed by atoms with Crippen molar-refractivity contribution >= 4 is 34.5 Å². The molecule has 0 fully saturated rings. The Morgan fingerprint density at radius 2 is 1.76 bits per heavy atom. The maximum absolute atomic E-state index is 10.7. The third-order valence-corrected chi connectivity index (χ3v) is 4.30. The average molecular weight is 286 g/mol. The van der Waals surface area contributed by atoms with Gasteiger partial charge in [0.25, 0.3) is 0 Å². The number of hydrogen-bond acceptors (Lipinski definition) is 2. The monoisotopic (exact) mass is 285 g/mol. The van der Waals surface area contributed by atoms with E-state index in [9.17, 15) is 5.11 Å². The molecule has 0 unspecified atom stereocenters. The van der Waals surface area contributed by atoms with Crippen molar-refractivity contribution < 1.29 is 5.11 Å². The Balaban J connectivity index is 2.47. The molecule has 2 rings (SSSR count). The second-order valence-electron chi connectivity index (χ2n) is 3.72. The number of benzene rings is 1. The van der Waals surface area contributed by atoms with Crippen LogP contribution in [-0.2, 0) is 5.60 Å². The third kappa shape index (κ3) is 2.50. The van der Waals surface area contributed by atoms with Crippen molar-refractivity contribution in [3.8, 4) is 0 Å². The number of rotatable bonds is 3. The van der Waals surface area contributed by atoms with Gasteiger partial charge >= 0.3 is 0 Å². The van der Waals surface area contributed by atoms with Crippen molar-refractivity contribution in [2.24, 2.45) is 0 Å². The third-order valence-electron chi connectivity index (χ3n) is 2.66. The van der Waals surface area contributed by atoms with Crippen molar-refractivity contribution in [3.63, 3.8) is 0 Å². The summed E-state index contributed by atoms with van der Waals surface area (Å²) in [6, 6.07) is 10.7. The number of thiophene rings is 1. The average Bonchev–Trinajstić information content (AvgIpc) is 2.76. The van der Waals surface area contributed by atoms with Gasteiger partial charge in [-0.2, -0.15) is 0 Å². The highest BCUT2D eigenvalue weighted by Gasteiger charge is 2.31. The van der Waals surface area contributed by atoms with Crippen LogP contribution < -0.4 is 0 Å². The molecule has 1 radical (unpaired) electrons. The Kier molecular flexibility index (Phi) is 3.79. The van der Waals surface area contributed by atoms with Crippen molar-refractivity contribution in [2.45, 2.75) is 12.0 Å². The zero-order valence-corrected chi connectivity index (χ0v) is 11.3. The maximum atomic E-state index is 10.7. The van der Waals surface area contributed by atoms with Crippen LogP contribution in [0.2, 0.25) is 9.36 Å². The van der Waals surface area contributed by atoms with E-state index in [1.807, 2.05) is 6.07 Å². The van der Waals surface area contributed by atoms with Crippen molar-refractivity contribution in [3.05, 3.63) is 63.1 Å². The summed E-state index contributed by atoms with van der Waals surface area (Å²) in [6.45, 7) is 3.82. The highest BCUT2D eigenvalue weighted by molar-refractivity contribution is 7.16. The lowest BCUT2D eigenvalue weighted by atomic mass is 9.90.